The van der Waals surface area contributed by atoms with Crippen molar-refractivity contribution in [2.24, 2.45) is 5.73 Å². The van der Waals surface area contributed by atoms with E-state index in [-0.39, 0.29) is 29.4 Å². The Bertz CT molecular complexity index is 1370. The minimum absolute atomic E-state index is 0.0540. The molecule has 4 rings (SSSR count). The topological polar surface area (TPSA) is 116 Å². The number of carbonyl (C=O) groups is 2. The number of aromatic nitrogens is 2. The SMILES string of the molecule is CC#CC(=O)N1CC(n2nc(-c3ccc(Oc4ccc(Cl)cc4C)cc3)c(C(N)=O)c2N)CCC1C. The number of halogens is 1. The van der Waals surface area contributed by atoms with E-state index in [1.807, 2.05) is 26.0 Å². The first-order valence-corrected chi connectivity index (χ1v) is 12.0. The highest BCUT2D eigenvalue weighted by Crippen LogP contribution is 2.35. The second-order valence-corrected chi connectivity index (χ2v) is 9.30. The van der Waals surface area contributed by atoms with E-state index in [4.69, 9.17) is 27.8 Å². The summed E-state index contributed by atoms with van der Waals surface area (Å²) in [4.78, 5) is 26.6. The van der Waals surface area contributed by atoms with Gasteiger partial charge in [0.25, 0.3) is 11.8 Å². The number of anilines is 1. The molecule has 2 amide bonds. The lowest BCUT2D eigenvalue weighted by atomic mass is 9.99. The molecule has 186 valence electrons. The number of carbonyl (C=O) groups excluding carboxylic acids is 2. The van der Waals surface area contributed by atoms with Crippen molar-refractivity contribution in [1.29, 1.82) is 0 Å². The Kier molecular flexibility index (Phi) is 7.22. The zero-order valence-corrected chi connectivity index (χ0v) is 21.2. The molecule has 9 heteroatoms. The number of rotatable bonds is 5. The third-order valence-electron chi connectivity index (χ3n) is 6.38. The summed E-state index contributed by atoms with van der Waals surface area (Å²) in [6, 6.07) is 12.4. The maximum Gasteiger partial charge on any atom is 0.298 e. The number of likely N-dealkylation sites (tertiary alicyclic amines) is 1. The second-order valence-electron chi connectivity index (χ2n) is 8.87. The van der Waals surface area contributed by atoms with Crippen LogP contribution in [0, 0.1) is 18.8 Å². The number of aryl methyl sites for hydroxylation is 1. The molecule has 0 radical (unpaired) electrons. The second kappa shape index (κ2) is 10.3. The molecule has 0 saturated carbocycles. The quantitative estimate of drug-likeness (QED) is 0.493. The van der Waals surface area contributed by atoms with E-state index in [9.17, 15) is 9.59 Å². The van der Waals surface area contributed by atoms with Gasteiger partial charge < -0.3 is 21.1 Å². The fourth-order valence-corrected chi connectivity index (χ4v) is 4.68. The predicted octanol–water partition coefficient (Wildman–Crippen LogP) is 4.56. The van der Waals surface area contributed by atoms with Gasteiger partial charge in [0.05, 0.1) is 6.04 Å². The van der Waals surface area contributed by atoms with E-state index >= 15 is 0 Å². The monoisotopic (exact) mass is 505 g/mol. The highest BCUT2D eigenvalue weighted by molar-refractivity contribution is 6.30. The maximum atomic E-state index is 12.5. The summed E-state index contributed by atoms with van der Waals surface area (Å²) in [7, 11) is 0. The Morgan fingerprint density at radius 2 is 1.89 bits per heavy atom. The molecule has 36 heavy (non-hydrogen) atoms. The van der Waals surface area contributed by atoms with Crippen molar-refractivity contribution in [2.45, 2.75) is 45.7 Å². The van der Waals surface area contributed by atoms with E-state index in [1.165, 1.54) is 0 Å². The summed E-state index contributed by atoms with van der Waals surface area (Å²) >= 11 is 6.03. The number of ether oxygens (including phenoxy) is 1. The van der Waals surface area contributed by atoms with Crippen molar-refractivity contribution in [3.05, 3.63) is 58.6 Å². The molecule has 4 N–H and O–H groups in total. The number of primary amides is 1. The van der Waals surface area contributed by atoms with Crippen LogP contribution in [0.1, 0.15) is 48.7 Å². The van der Waals surface area contributed by atoms with E-state index in [2.05, 4.69) is 16.9 Å². The first-order chi connectivity index (χ1) is 17.2. The van der Waals surface area contributed by atoms with Crippen molar-refractivity contribution >= 4 is 29.2 Å². The molecule has 0 spiro atoms. The van der Waals surface area contributed by atoms with E-state index in [1.54, 1.807) is 46.8 Å². The van der Waals surface area contributed by atoms with E-state index in [0.717, 1.165) is 18.4 Å². The number of nitrogen functional groups attached to an aromatic ring is 1. The minimum atomic E-state index is -0.667. The van der Waals surface area contributed by atoms with E-state index < -0.39 is 5.91 Å². The summed E-state index contributed by atoms with van der Waals surface area (Å²) in [6.45, 7) is 5.94. The van der Waals surface area contributed by atoms with Crippen LogP contribution in [0.3, 0.4) is 0 Å². The van der Waals surface area contributed by atoms with Gasteiger partial charge in [-0.2, -0.15) is 5.10 Å². The molecule has 2 atom stereocenters. The normalized spacial score (nSPS) is 17.3. The van der Waals surface area contributed by atoms with Crippen LogP contribution in [0.15, 0.2) is 42.5 Å². The lowest BCUT2D eigenvalue weighted by Crippen LogP contribution is -2.46. The molecule has 1 saturated heterocycles. The van der Waals surface area contributed by atoms with Crippen molar-refractivity contribution in [3.63, 3.8) is 0 Å². The Hall–Kier alpha value is -3.96. The number of nitrogens with zero attached hydrogens (tertiary/aromatic N) is 3. The number of nitrogens with two attached hydrogens (primary N) is 2. The number of hydrogen-bond donors (Lipinski definition) is 2. The van der Waals surface area contributed by atoms with Crippen LogP contribution < -0.4 is 16.2 Å². The maximum absolute atomic E-state index is 12.5. The summed E-state index contributed by atoms with van der Waals surface area (Å²) in [6.07, 6.45) is 1.51. The third kappa shape index (κ3) is 5.02. The molecule has 0 aliphatic carbocycles. The Labute approximate surface area is 215 Å². The van der Waals surface area contributed by atoms with Crippen molar-refractivity contribution in [1.82, 2.24) is 14.7 Å². The Morgan fingerprint density at radius 1 is 1.17 bits per heavy atom. The van der Waals surface area contributed by atoms with Gasteiger partial charge >= 0.3 is 0 Å². The van der Waals surface area contributed by atoms with Gasteiger partial charge in [0.15, 0.2) is 0 Å². The molecule has 8 nitrogen and oxygen atoms in total. The third-order valence-corrected chi connectivity index (χ3v) is 6.62. The van der Waals surface area contributed by atoms with Gasteiger partial charge in [0.2, 0.25) is 0 Å². The molecule has 2 aromatic carbocycles. The van der Waals surface area contributed by atoms with Gasteiger partial charge in [0.1, 0.15) is 28.6 Å². The first-order valence-electron chi connectivity index (χ1n) is 11.6. The number of amides is 2. The molecule has 1 aliphatic rings. The van der Waals surface area contributed by atoms with Gasteiger partial charge in [-0.1, -0.05) is 17.5 Å². The van der Waals surface area contributed by atoms with Gasteiger partial charge in [-0.05, 0) is 87.6 Å². The van der Waals surface area contributed by atoms with Crippen LogP contribution in [-0.4, -0.2) is 39.1 Å². The smallest absolute Gasteiger partial charge is 0.298 e. The fourth-order valence-electron chi connectivity index (χ4n) is 4.46. The van der Waals surface area contributed by atoms with Crippen LogP contribution in [0.25, 0.3) is 11.3 Å². The van der Waals surface area contributed by atoms with Crippen LogP contribution in [-0.2, 0) is 4.79 Å². The van der Waals surface area contributed by atoms with Crippen LogP contribution in [0.5, 0.6) is 11.5 Å². The fraction of sp³-hybridized carbons (Fsp3) is 0.296. The van der Waals surface area contributed by atoms with Crippen LogP contribution in [0.4, 0.5) is 5.82 Å². The van der Waals surface area contributed by atoms with E-state index in [0.29, 0.717) is 34.3 Å². The molecule has 1 aromatic heterocycles. The lowest BCUT2D eigenvalue weighted by molar-refractivity contribution is -0.129. The Morgan fingerprint density at radius 3 is 2.53 bits per heavy atom. The molecular formula is C27H28ClN5O3. The van der Waals surface area contributed by atoms with Crippen LogP contribution in [0.2, 0.25) is 5.02 Å². The van der Waals surface area contributed by atoms with Gasteiger partial charge in [-0.15, -0.1) is 0 Å². The molecule has 1 aliphatic heterocycles. The lowest BCUT2D eigenvalue weighted by Gasteiger charge is -2.37. The summed E-state index contributed by atoms with van der Waals surface area (Å²) in [5, 5.41) is 5.33. The number of benzene rings is 2. The Balaban J connectivity index is 1.63. The zero-order chi connectivity index (χ0) is 26.0. The minimum Gasteiger partial charge on any atom is -0.457 e. The van der Waals surface area contributed by atoms with Crippen molar-refractivity contribution in [3.8, 4) is 34.6 Å². The molecule has 2 heterocycles. The highest BCUT2D eigenvalue weighted by atomic mass is 35.5. The van der Waals surface area contributed by atoms with Crippen molar-refractivity contribution < 1.29 is 14.3 Å². The number of hydrogen-bond acceptors (Lipinski definition) is 5. The van der Waals surface area contributed by atoms with Gasteiger partial charge in [-0.3, -0.25) is 9.59 Å². The highest BCUT2D eigenvalue weighted by Gasteiger charge is 2.32. The van der Waals surface area contributed by atoms with Gasteiger partial charge in [0, 0.05) is 23.2 Å². The zero-order valence-electron chi connectivity index (χ0n) is 20.4. The predicted molar refractivity (Wildman–Crippen MR) is 140 cm³/mol. The summed E-state index contributed by atoms with van der Waals surface area (Å²) < 4.78 is 7.59. The summed E-state index contributed by atoms with van der Waals surface area (Å²) in [5.41, 5.74) is 14.2. The van der Waals surface area contributed by atoms with Crippen molar-refractivity contribution in [2.75, 3.05) is 12.3 Å². The standard InChI is InChI=1S/C27H28ClN5O3/c1-4-5-23(34)32-15-20(10-6-17(32)3)33-26(29)24(27(30)35)25(31-33)18-7-11-21(12-8-18)36-22-13-9-19(28)14-16(22)2/h7-9,11-14,17,20H,6,10,15,29H2,1-3H3,(H2,30,35). The van der Waals surface area contributed by atoms with Gasteiger partial charge in [-0.25, -0.2) is 4.68 Å². The number of piperidine rings is 1. The molecule has 2 unspecified atom stereocenters. The summed E-state index contributed by atoms with van der Waals surface area (Å²) in [5.74, 6) is 5.86. The molecular weight excluding hydrogens is 478 g/mol. The average molecular weight is 506 g/mol. The first kappa shape index (κ1) is 25.1. The van der Waals surface area contributed by atoms with Crippen LogP contribution >= 0.6 is 11.6 Å². The average Bonchev–Trinajstić information content (AvgIpc) is 3.19. The molecule has 3 aromatic rings. The molecule has 0 bridgehead atoms. The largest absolute Gasteiger partial charge is 0.457 e. The molecule has 1 fully saturated rings.